The lowest BCUT2D eigenvalue weighted by Crippen LogP contribution is -2.24. The Morgan fingerprint density at radius 1 is 1.07 bits per heavy atom. The molecule has 0 fully saturated rings. The van der Waals surface area contributed by atoms with Gasteiger partial charge in [0.25, 0.3) is 0 Å². The van der Waals surface area contributed by atoms with Gasteiger partial charge in [0.15, 0.2) is 11.6 Å². The second-order valence-corrected chi connectivity index (χ2v) is 6.54. The highest BCUT2D eigenvalue weighted by atomic mass is 19.3. The molecule has 0 unspecified atom stereocenters. The van der Waals surface area contributed by atoms with Crippen molar-refractivity contribution in [3.8, 4) is 11.5 Å². The fourth-order valence-corrected chi connectivity index (χ4v) is 2.93. The van der Waals surface area contributed by atoms with Crippen LogP contribution in [0.5, 0.6) is 11.5 Å². The van der Waals surface area contributed by atoms with Gasteiger partial charge in [0.2, 0.25) is 5.76 Å². The fraction of sp³-hybridized carbons (Fsp3) is 0.318. The number of fused-ring (bicyclic) bond motifs is 1. The Labute approximate surface area is 165 Å². The van der Waals surface area contributed by atoms with E-state index in [0.717, 1.165) is 30.9 Å². The van der Waals surface area contributed by atoms with Gasteiger partial charge < -0.3 is 13.9 Å². The van der Waals surface area contributed by atoms with Crippen LogP contribution in [0.4, 0.5) is 13.2 Å². The normalized spacial score (nSPS) is 11.6. The molecule has 0 atom stereocenters. The average Bonchev–Trinajstić information content (AvgIpc) is 2.69. The van der Waals surface area contributed by atoms with E-state index in [1.54, 1.807) is 19.1 Å². The minimum atomic E-state index is -3.91. The predicted molar refractivity (Wildman–Crippen MR) is 103 cm³/mol. The molecule has 0 bridgehead atoms. The van der Waals surface area contributed by atoms with E-state index in [4.69, 9.17) is 13.9 Å². The molecular formula is C22H21F3O4. The number of hydrogen-bond acceptors (Lipinski definition) is 4. The van der Waals surface area contributed by atoms with E-state index in [-0.39, 0.29) is 23.5 Å². The second kappa shape index (κ2) is 8.59. The van der Waals surface area contributed by atoms with Crippen LogP contribution in [0.15, 0.2) is 51.7 Å². The molecule has 3 rings (SSSR count). The zero-order chi connectivity index (χ0) is 21.0. The van der Waals surface area contributed by atoms with Crippen molar-refractivity contribution in [1.82, 2.24) is 0 Å². The van der Waals surface area contributed by atoms with Crippen LogP contribution in [0.3, 0.4) is 0 Å². The molecule has 2 aromatic carbocycles. The SMILES string of the molecule is CCCCc1ccc(OC(F)(F)c2cc3ccc(OCC)c(F)c3c(=O)o2)cc1. The first kappa shape index (κ1) is 20.8. The lowest BCUT2D eigenvalue weighted by molar-refractivity contribution is -0.199. The molecule has 7 heteroatoms. The number of aryl methyl sites for hydroxylation is 1. The summed E-state index contributed by atoms with van der Waals surface area (Å²) in [6.07, 6.45) is -1.03. The van der Waals surface area contributed by atoms with Crippen molar-refractivity contribution in [2.45, 2.75) is 39.2 Å². The first-order valence-corrected chi connectivity index (χ1v) is 9.41. The molecular weight excluding hydrogens is 385 g/mol. The van der Waals surface area contributed by atoms with E-state index >= 15 is 0 Å². The molecule has 4 nitrogen and oxygen atoms in total. The molecule has 3 aromatic rings. The zero-order valence-corrected chi connectivity index (χ0v) is 16.1. The Morgan fingerprint density at radius 2 is 1.79 bits per heavy atom. The number of benzene rings is 2. The summed E-state index contributed by atoms with van der Waals surface area (Å²) in [6, 6.07) is 9.79. The summed E-state index contributed by atoms with van der Waals surface area (Å²) in [5.41, 5.74) is -0.213. The van der Waals surface area contributed by atoms with Crippen LogP contribution in [0.25, 0.3) is 10.8 Å². The topological polar surface area (TPSA) is 48.7 Å². The van der Waals surface area contributed by atoms with Gasteiger partial charge in [0.1, 0.15) is 11.1 Å². The quantitative estimate of drug-likeness (QED) is 0.474. The smallest absolute Gasteiger partial charge is 0.460 e. The molecule has 29 heavy (non-hydrogen) atoms. The van der Waals surface area contributed by atoms with Crippen molar-refractivity contribution in [2.24, 2.45) is 0 Å². The summed E-state index contributed by atoms with van der Waals surface area (Å²) in [7, 11) is 0. The van der Waals surface area contributed by atoms with Crippen molar-refractivity contribution < 1.29 is 27.1 Å². The molecule has 0 aliphatic rings. The highest BCUT2D eigenvalue weighted by molar-refractivity contribution is 5.83. The average molecular weight is 406 g/mol. The van der Waals surface area contributed by atoms with Gasteiger partial charge in [0, 0.05) is 0 Å². The Hall–Kier alpha value is -2.96. The van der Waals surface area contributed by atoms with Gasteiger partial charge >= 0.3 is 11.7 Å². The van der Waals surface area contributed by atoms with E-state index in [9.17, 15) is 18.0 Å². The van der Waals surface area contributed by atoms with E-state index in [2.05, 4.69) is 6.92 Å². The molecule has 0 radical (unpaired) electrons. The van der Waals surface area contributed by atoms with E-state index in [0.29, 0.717) is 0 Å². The maximum Gasteiger partial charge on any atom is 0.460 e. The van der Waals surface area contributed by atoms with Crippen molar-refractivity contribution in [3.05, 3.63) is 70.0 Å². The summed E-state index contributed by atoms with van der Waals surface area (Å²) in [4.78, 5) is 12.2. The largest absolute Gasteiger partial charge is 0.491 e. The minimum Gasteiger partial charge on any atom is -0.491 e. The first-order chi connectivity index (χ1) is 13.9. The molecule has 0 saturated carbocycles. The molecule has 0 saturated heterocycles. The van der Waals surface area contributed by atoms with Crippen LogP contribution in [0, 0.1) is 5.82 Å². The van der Waals surface area contributed by atoms with Crippen LogP contribution in [0.2, 0.25) is 0 Å². The van der Waals surface area contributed by atoms with Crippen LogP contribution in [-0.4, -0.2) is 6.61 Å². The summed E-state index contributed by atoms with van der Waals surface area (Å²) in [5, 5.41) is -0.480. The van der Waals surface area contributed by atoms with Crippen molar-refractivity contribution in [3.63, 3.8) is 0 Å². The van der Waals surface area contributed by atoms with E-state index in [1.807, 2.05) is 0 Å². The van der Waals surface area contributed by atoms with Gasteiger partial charge in [-0.1, -0.05) is 31.5 Å². The lowest BCUT2D eigenvalue weighted by atomic mass is 10.1. The predicted octanol–water partition coefficient (Wildman–Crippen LogP) is 5.80. The Balaban J connectivity index is 1.90. The molecule has 0 aliphatic carbocycles. The summed E-state index contributed by atoms with van der Waals surface area (Å²) < 4.78 is 58.1. The minimum absolute atomic E-state index is 0.0320. The molecule has 0 N–H and O–H groups in total. The molecule has 0 amide bonds. The summed E-state index contributed by atoms with van der Waals surface area (Å²) in [5.74, 6) is -2.17. The Kier molecular flexibility index (Phi) is 6.15. The Morgan fingerprint density at radius 3 is 2.45 bits per heavy atom. The van der Waals surface area contributed by atoms with Gasteiger partial charge in [-0.3, -0.25) is 0 Å². The third-order valence-corrected chi connectivity index (χ3v) is 4.41. The molecule has 1 heterocycles. The van der Waals surface area contributed by atoms with Gasteiger partial charge in [-0.2, -0.15) is 8.78 Å². The highest BCUT2D eigenvalue weighted by Crippen LogP contribution is 2.33. The van der Waals surface area contributed by atoms with Gasteiger partial charge in [-0.25, -0.2) is 9.18 Å². The number of rotatable bonds is 8. The van der Waals surface area contributed by atoms with Crippen LogP contribution in [-0.2, 0) is 12.5 Å². The van der Waals surface area contributed by atoms with Gasteiger partial charge in [0.05, 0.1) is 6.61 Å². The first-order valence-electron chi connectivity index (χ1n) is 9.41. The molecule has 154 valence electrons. The second-order valence-electron chi connectivity index (χ2n) is 6.54. The van der Waals surface area contributed by atoms with Gasteiger partial charge in [-0.05, 0) is 55.0 Å². The van der Waals surface area contributed by atoms with Crippen LogP contribution < -0.4 is 15.1 Å². The number of alkyl halides is 2. The summed E-state index contributed by atoms with van der Waals surface area (Å²) >= 11 is 0. The Bertz CT molecular complexity index is 1040. The number of halogens is 3. The molecule has 1 aromatic heterocycles. The maximum absolute atomic E-state index is 14.6. The monoisotopic (exact) mass is 406 g/mol. The fourth-order valence-electron chi connectivity index (χ4n) is 2.93. The standard InChI is InChI=1S/C22H21F3O4/c1-3-5-6-14-7-10-16(11-8-14)29-22(24,25)18-13-15-9-12-17(27-4-2)20(23)19(15)21(26)28-18/h7-13H,3-6H2,1-2H3. The van der Waals surface area contributed by atoms with Crippen molar-refractivity contribution >= 4 is 10.8 Å². The number of ether oxygens (including phenoxy) is 2. The maximum atomic E-state index is 14.6. The number of hydrogen-bond donors (Lipinski definition) is 0. The lowest BCUT2D eigenvalue weighted by Gasteiger charge is -2.17. The van der Waals surface area contributed by atoms with Gasteiger partial charge in [-0.15, -0.1) is 0 Å². The van der Waals surface area contributed by atoms with Crippen molar-refractivity contribution in [1.29, 1.82) is 0 Å². The third kappa shape index (κ3) is 4.55. The van der Waals surface area contributed by atoms with Crippen LogP contribution >= 0.6 is 0 Å². The zero-order valence-electron chi connectivity index (χ0n) is 16.1. The van der Waals surface area contributed by atoms with E-state index in [1.165, 1.54) is 24.3 Å². The van der Waals surface area contributed by atoms with E-state index < -0.39 is 28.7 Å². The third-order valence-electron chi connectivity index (χ3n) is 4.41. The highest BCUT2D eigenvalue weighted by Gasteiger charge is 2.39. The van der Waals surface area contributed by atoms with Crippen molar-refractivity contribution in [2.75, 3.05) is 6.61 Å². The van der Waals surface area contributed by atoms with Crippen LogP contribution in [0.1, 0.15) is 38.0 Å². The molecule has 0 spiro atoms. The molecule has 0 aliphatic heterocycles. The number of unbranched alkanes of at least 4 members (excludes halogenated alkanes) is 1. The summed E-state index contributed by atoms with van der Waals surface area (Å²) in [6.45, 7) is 3.91.